The lowest BCUT2D eigenvalue weighted by Crippen LogP contribution is -2.50. The van der Waals surface area contributed by atoms with Gasteiger partial charge in [-0.25, -0.2) is 0 Å². The normalized spacial score (nSPS) is 16.4. The first-order valence-corrected chi connectivity index (χ1v) is 14.9. The Kier molecular flexibility index (Phi) is 8.63. The maximum atomic E-state index is 12.9. The van der Waals surface area contributed by atoms with Crippen LogP contribution in [0.25, 0.3) is 0 Å². The monoisotopic (exact) mass is 565 g/mol. The van der Waals surface area contributed by atoms with Crippen LogP contribution in [0.5, 0.6) is 11.5 Å². The van der Waals surface area contributed by atoms with E-state index in [1.807, 2.05) is 53.8 Å². The predicted molar refractivity (Wildman–Crippen MR) is 152 cm³/mol. The molecule has 1 N–H and O–H groups in total. The summed E-state index contributed by atoms with van der Waals surface area (Å²) < 4.78 is 26.9. The zero-order valence-electron chi connectivity index (χ0n) is 23.1. The van der Waals surface area contributed by atoms with Gasteiger partial charge >= 0.3 is 0 Å². The lowest BCUT2D eigenvalue weighted by molar-refractivity contribution is 0.0698. The van der Waals surface area contributed by atoms with E-state index in [-0.39, 0.29) is 18.4 Å². The summed E-state index contributed by atoms with van der Waals surface area (Å²) >= 11 is -1.01. The molecule has 2 fully saturated rings. The van der Waals surface area contributed by atoms with Crippen LogP contribution in [-0.4, -0.2) is 74.9 Å². The molecule has 2 amide bonds. The van der Waals surface area contributed by atoms with Crippen molar-refractivity contribution in [2.24, 2.45) is 7.05 Å². The molecule has 0 bridgehead atoms. The second kappa shape index (κ2) is 12.3. The Morgan fingerprint density at radius 3 is 2.48 bits per heavy atom. The highest BCUT2D eigenvalue weighted by molar-refractivity contribution is 7.88. The Labute approximate surface area is 237 Å². The van der Waals surface area contributed by atoms with E-state index in [0.29, 0.717) is 61.3 Å². The number of ether oxygens (including phenoxy) is 2. The molecule has 11 heteroatoms. The van der Waals surface area contributed by atoms with Gasteiger partial charge in [0.2, 0.25) is 0 Å². The van der Waals surface area contributed by atoms with E-state index in [9.17, 15) is 14.1 Å². The van der Waals surface area contributed by atoms with Crippen LogP contribution < -0.4 is 14.8 Å². The summed E-state index contributed by atoms with van der Waals surface area (Å²) in [5.74, 6) is 1.34. The van der Waals surface area contributed by atoms with Crippen molar-refractivity contribution in [3.8, 4) is 11.5 Å². The molecule has 1 unspecified atom stereocenters. The van der Waals surface area contributed by atoms with Crippen LogP contribution in [0.3, 0.4) is 0 Å². The van der Waals surface area contributed by atoms with Crippen LogP contribution in [0, 0.1) is 0 Å². The first-order valence-electron chi connectivity index (χ1n) is 13.4. The highest BCUT2D eigenvalue weighted by atomic mass is 32.2. The van der Waals surface area contributed by atoms with Gasteiger partial charge in [0.1, 0.15) is 12.9 Å². The third kappa shape index (κ3) is 6.43. The number of hydrogen-bond acceptors (Lipinski definition) is 7. The van der Waals surface area contributed by atoms with Gasteiger partial charge in [0, 0.05) is 61.3 Å². The van der Waals surface area contributed by atoms with Crippen LogP contribution >= 0.6 is 0 Å². The van der Waals surface area contributed by atoms with Gasteiger partial charge in [0.25, 0.3) is 11.8 Å². The maximum absolute atomic E-state index is 12.9. The van der Waals surface area contributed by atoms with E-state index in [2.05, 4.69) is 10.4 Å². The number of hydrogen-bond donors (Lipinski definition) is 1. The van der Waals surface area contributed by atoms with E-state index in [0.717, 1.165) is 29.7 Å². The van der Waals surface area contributed by atoms with Crippen molar-refractivity contribution in [1.82, 2.24) is 24.3 Å². The highest BCUT2D eigenvalue weighted by Crippen LogP contribution is 2.40. The number of methoxy groups -OCH3 is 1. The molecular weight excluding hydrogens is 530 g/mol. The number of para-hydroxylation sites is 1. The number of carbonyl (C=O) groups excluding carboxylic acids is 2. The van der Waals surface area contributed by atoms with Crippen molar-refractivity contribution in [1.29, 1.82) is 0 Å². The van der Waals surface area contributed by atoms with Gasteiger partial charge in [-0.3, -0.25) is 14.3 Å². The Bertz CT molecular complexity index is 1350. The van der Waals surface area contributed by atoms with Crippen molar-refractivity contribution in [3.05, 3.63) is 76.6 Å². The number of aromatic nitrogens is 2. The molecule has 1 aliphatic carbocycles. The molecular formula is C29H35N5O5S. The van der Waals surface area contributed by atoms with E-state index in [1.165, 1.54) is 0 Å². The predicted octanol–water partition coefficient (Wildman–Crippen LogP) is 2.87. The lowest BCUT2D eigenvalue weighted by atomic mass is 10.1. The maximum Gasteiger partial charge on any atom is 0.255 e. The van der Waals surface area contributed by atoms with Crippen molar-refractivity contribution < 1.29 is 23.6 Å². The molecule has 1 aliphatic heterocycles. The van der Waals surface area contributed by atoms with Gasteiger partial charge in [-0.15, -0.1) is 4.31 Å². The zero-order chi connectivity index (χ0) is 28.2. The van der Waals surface area contributed by atoms with Gasteiger partial charge in [-0.1, -0.05) is 24.3 Å². The standard InChI is InChI=1S/C29H35N5O5S/c1-32-18-24(26(31-32)21-11-12-21)28(35)30-17-23-5-4-6-25(27(23)38-2)39-19-20-7-9-22(10-8-20)29(36)33-13-15-34(16-14-33)40(3)37/h4-10,18,21H,11-17,19H2,1-3H3,(H,30,35). The topological polar surface area (TPSA) is 112 Å². The third-order valence-corrected chi connectivity index (χ3v) is 8.35. The lowest BCUT2D eigenvalue weighted by Gasteiger charge is -2.33. The zero-order valence-corrected chi connectivity index (χ0v) is 23.9. The SMILES string of the molecule is COc1c(CNC(=O)c2cn(C)nc2C2CC2)cccc1OCc1ccc(C(=O)N2CCN([S+](C)[O-])CC2)cc1. The van der Waals surface area contributed by atoms with Crippen LogP contribution in [-0.2, 0) is 31.6 Å². The number of benzene rings is 2. The molecule has 212 valence electrons. The molecule has 2 aliphatic rings. The number of aryl methyl sites for hydroxylation is 1. The van der Waals surface area contributed by atoms with Crippen LogP contribution in [0.1, 0.15) is 56.3 Å². The van der Waals surface area contributed by atoms with Gasteiger partial charge in [-0.2, -0.15) is 5.10 Å². The summed E-state index contributed by atoms with van der Waals surface area (Å²) in [7, 11) is 3.41. The fourth-order valence-electron chi connectivity index (χ4n) is 4.89. The van der Waals surface area contributed by atoms with Gasteiger partial charge in [-0.05, 0) is 36.6 Å². The summed E-state index contributed by atoms with van der Waals surface area (Å²) in [6, 6.07) is 13.0. The molecule has 1 saturated heterocycles. The van der Waals surface area contributed by atoms with Crippen molar-refractivity contribution in [3.63, 3.8) is 0 Å². The number of carbonyl (C=O) groups is 2. The second-order valence-electron chi connectivity index (χ2n) is 10.1. The smallest absolute Gasteiger partial charge is 0.255 e. The minimum atomic E-state index is -1.01. The molecule has 5 rings (SSSR count). The Morgan fingerprint density at radius 1 is 1.10 bits per heavy atom. The molecule has 0 spiro atoms. The number of amides is 2. The Hall–Kier alpha value is -3.54. The quantitative estimate of drug-likeness (QED) is 0.376. The average Bonchev–Trinajstić information content (AvgIpc) is 3.75. The van der Waals surface area contributed by atoms with E-state index >= 15 is 0 Å². The first-order chi connectivity index (χ1) is 19.3. The number of nitrogens with zero attached hydrogens (tertiary/aromatic N) is 4. The first kappa shape index (κ1) is 28.0. The number of piperazine rings is 1. The molecule has 10 nitrogen and oxygen atoms in total. The molecule has 2 heterocycles. The van der Waals surface area contributed by atoms with E-state index < -0.39 is 11.4 Å². The van der Waals surface area contributed by atoms with E-state index in [1.54, 1.807) is 29.1 Å². The molecule has 40 heavy (non-hydrogen) atoms. The average molecular weight is 566 g/mol. The van der Waals surface area contributed by atoms with Gasteiger partial charge < -0.3 is 24.2 Å². The summed E-state index contributed by atoms with van der Waals surface area (Å²) in [5.41, 5.74) is 3.82. The summed E-state index contributed by atoms with van der Waals surface area (Å²) in [6.07, 6.45) is 5.58. The van der Waals surface area contributed by atoms with Crippen LogP contribution in [0.4, 0.5) is 0 Å². The second-order valence-corrected chi connectivity index (χ2v) is 11.5. The fourth-order valence-corrected chi connectivity index (χ4v) is 5.57. The molecule has 1 saturated carbocycles. The van der Waals surface area contributed by atoms with Crippen LogP contribution in [0.15, 0.2) is 48.7 Å². The summed E-state index contributed by atoms with van der Waals surface area (Å²) in [6.45, 7) is 2.92. The third-order valence-electron chi connectivity index (χ3n) is 7.25. The van der Waals surface area contributed by atoms with Crippen molar-refractivity contribution in [2.75, 3.05) is 39.5 Å². The number of nitrogens with one attached hydrogen (secondary N) is 1. The molecule has 2 aromatic carbocycles. The minimum absolute atomic E-state index is 0.0269. The largest absolute Gasteiger partial charge is 0.598 e. The minimum Gasteiger partial charge on any atom is -0.598 e. The van der Waals surface area contributed by atoms with Crippen molar-refractivity contribution in [2.45, 2.75) is 31.9 Å². The molecule has 1 atom stereocenters. The summed E-state index contributed by atoms with van der Waals surface area (Å²) in [5, 5.41) is 7.47. The Morgan fingerprint density at radius 2 is 1.82 bits per heavy atom. The van der Waals surface area contributed by atoms with Crippen molar-refractivity contribution >= 4 is 23.2 Å². The fraction of sp³-hybridized carbons (Fsp3) is 0.414. The Balaban J connectivity index is 1.17. The summed E-state index contributed by atoms with van der Waals surface area (Å²) in [4.78, 5) is 27.6. The number of rotatable bonds is 10. The highest BCUT2D eigenvalue weighted by Gasteiger charge is 2.31. The molecule has 0 radical (unpaired) electrons. The molecule has 3 aromatic rings. The van der Waals surface area contributed by atoms with Gasteiger partial charge in [0.15, 0.2) is 11.5 Å². The van der Waals surface area contributed by atoms with E-state index in [4.69, 9.17) is 9.47 Å². The van der Waals surface area contributed by atoms with Gasteiger partial charge in [0.05, 0.1) is 31.5 Å². The van der Waals surface area contributed by atoms with Crippen LogP contribution in [0.2, 0.25) is 0 Å². The molecule has 1 aromatic heterocycles.